The molecule has 1 atom stereocenters. The van der Waals surface area contributed by atoms with Crippen molar-refractivity contribution in [2.45, 2.75) is 25.4 Å². The third-order valence-corrected chi connectivity index (χ3v) is 6.24. The maximum Gasteiger partial charge on any atom is 0.281 e. The predicted molar refractivity (Wildman–Crippen MR) is 112 cm³/mol. The second-order valence-corrected chi connectivity index (χ2v) is 8.45. The van der Waals surface area contributed by atoms with Gasteiger partial charge in [-0.25, -0.2) is 22.7 Å². The van der Waals surface area contributed by atoms with Crippen LogP contribution in [0.25, 0.3) is 16.2 Å². The lowest BCUT2D eigenvalue weighted by Gasteiger charge is -2.10. The Kier molecular flexibility index (Phi) is 5.16. The SMILES string of the molecule is Cn1ncc(-c2nc(C(F)F)cs2)c1C(=O)Cc1ccn2nc(N3CC[C@H](F)C3)nc2c1. The van der Waals surface area contributed by atoms with Gasteiger partial charge in [0.1, 0.15) is 22.6 Å². The smallest absolute Gasteiger partial charge is 0.281 e. The fourth-order valence-corrected chi connectivity index (χ4v) is 4.58. The van der Waals surface area contributed by atoms with Gasteiger partial charge in [0.05, 0.1) is 18.3 Å². The lowest BCUT2D eigenvalue weighted by molar-refractivity contribution is 0.0984. The quantitative estimate of drug-likeness (QED) is 0.409. The third kappa shape index (κ3) is 3.74. The standard InChI is InChI=1S/C20H18F3N7OS/c1-28-17(13(8-24-28)19-25-14(10-32-19)18(22)23)15(31)6-11-2-5-30-16(7-11)26-20(27-30)29-4-3-12(21)9-29/h2,5,7-8,10,12,18H,3-4,6,9H2,1H3/t12-/m0/s1. The van der Waals surface area contributed by atoms with Gasteiger partial charge in [0.2, 0.25) is 5.95 Å². The molecule has 0 N–H and O–H groups in total. The van der Waals surface area contributed by atoms with Crippen LogP contribution in [0.2, 0.25) is 0 Å². The van der Waals surface area contributed by atoms with Crippen LogP contribution < -0.4 is 4.90 Å². The van der Waals surface area contributed by atoms with Crippen molar-refractivity contribution in [1.82, 2.24) is 29.4 Å². The number of aryl methyl sites for hydroxylation is 1. The van der Waals surface area contributed by atoms with E-state index in [1.54, 1.807) is 34.8 Å². The van der Waals surface area contributed by atoms with Crippen molar-refractivity contribution in [2.75, 3.05) is 18.0 Å². The predicted octanol–water partition coefficient (Wildman–Crippen LogP) is 3.50. The minimum atomic E-state index is -2.67. The maximum absolute atomic E-state index is 13.5. The molecule has 0 saturated carbocycles. The summed E-state index contributed by atoms with van der Waals surface area (Å²) in [5.74, 6) is 0.235. The van der Waals surface area contributed by atoms with E-state index in [2.05, 4.69) is 20.2 Å². The molecular formula is C20H18F3N7OS. The first-order valence-electron chi connectivity index (χ1n) is 9.92. The van der Waals surface area contributed by atoms with Crippen LogP contribution in [0.15, 0.2) is 29.9 Å². The van der Waals surface area contributed by atoms with Crippen molar-refractivity contribution in [2.24, 2.45) is 7.05 Å². The highest BCUT2D eigenvalue weighted by Gasteiger charge is 2.25. The molecular weight excluding hydrogens is 443 g/mol. The number of thiazole rings is 1. The molecule has 166 valence electrons. The summed E-state index contributed by atoms with van der Waals surface area (Å²) in [5, 5.41) is 10.1. The summed E-state index contributed by atoms with van der Waals surface area (Å²) in [5.41, 5.74) is 1.67. The topological polar surface area (TPSA) is 81.2 Å². The second kappa shape index (κ2) is 8.01. The zero-order chi connectivity index (χ0) is 22.4. The van der Waals surface area contributed by atoms with Gasteiger partial charge in [0, 0.05) is 31.6 Å². The Balaban J connectivity index is 1.39. The number of hydrogen-bond acceptors (Lipinski definition) is 7. The Labute approximate surface area is 184 Å². The molecule has 4 aromatic heterocycles. The van der Waals surface area contributed by atoms with E-state index >= 15 is 0 Å². The van der Waals surface area contributed by atoms with Crippen molar-refractivity contribution in [3.05, 3.63) is 46.9 Å². The molecule has 1 fully saturated rings. The number of rotatable bonds is 6. The fraction of sp³-hybridized carbons (Fsp3) is 0.350. The summed E-state index contributed by atoms with van der Waals surface area (Å²) in [7, 11) is 1.63. The average Bonchev–Trinajstić information content (AvgIpc) is 3.52. The Morgan fingerprint density at radius 2 is 2.19 bits per heavy atom. The fourth-order valence-electron chi connectivity index (χ4n) is 3.76. The van der Waals surface area contributed by atoms with Crippen LogP contribution in [0.1, 0.15) is 34.6 Å². The Bertz CT molecular complexity index is 1300. The van der Waals surface area contributed by atoms with E-state index in [9.17, 15) is 18.0 Å². The molecule has 0 amide bonds. The van der Waals surface area contributed by atoms with Gasteiger partial charge in [-0.2, -0.15) is 10.1 Å². The molecule has 5 heterocycles. The third-order valence-electron chi connectivity index (χ3n) is 5.35. The van der Waals surface area contributed by atoms with Crippen LogP contribution in [-0.4, -0.2) is 54.4 Å². The zero-order valence-corrected chi connectivity index (χ0v) is 17.8. The van der Waals surface area contributed by atoms with Crippen molar-refractivity contribution < 1.29 is 18.0 Å². The first-order chi connectivity index (χ1) is 15.4. The lowest BCUT2D eigenvalue weighted by Crippen LogP contribution is -2.21. The molecule has 1 aliphatic heterocycles. The number of hydrogen-bond donors (Lipinski definition) is 0. The molecule has 0 aliphatic carbocycles. The van der Waals surface area contributed by atoms with Crippen molar-refractivity contribution in [3.8, 4) is 10.6 Å². The van der Waals surface area contributed by atoms with Crippen LogP contribution in [-0.2, 0) is 13.5 Å². The number of carbonyl (C=O) groups is 1. The summed E-state index contributed by atoms with van der Waals surface area (Å²) in [4.78, 5) is 23.3. The van der Waals surface area contributed by atoms with Crippen LogP contribution in [0, 0.1) is 0 Å². The minimum Gasteiger partial charge on any atom is -0.336 e. The highest BCUT2D eigenvalue weighted by Crippen LogP contribution is 2.31. The highest BCUT2D eigenvalue weighted by atomic mass is 32.1. The number of carbonyl (C=O) groups excluding carboxylic acids is 1. The molecule has 0 bridgehead atoms. The van der Waals surface area contributed by atoms with Gasteiger partial charge in [-0.1, -0.05) is 0 Å². The van der Waals surface area contributed by atoms with Gasteiger partial charge in [0.25, 0.3) is 6.43 Å². The normalized spacial score (nSPS) is 16.5. The number of halogens is 3. The molecule has 12 heteroatoms. The molecule has 1 saturated heterocycles. The molecule has 8 nitrogen and oxygen atoms in total. The zero-order valence-electron chi connectivity index (χ0n) is 17.0. The average molecular weight is 461 g/mol. The largest absolute Gasteiger partial charge is 0.336 e. The highest BCUT2D eigenvalue weighted by molar-refractivity contribution is 7.13. The van der Waals surface area contributed by atoms with Crippen LogP contribution in [0.4, 0.5) is 19.1 Å². The van der Waals surface area contributed by atoms with Gasteiger partial charge in [-0.15, -0.1) is 16.4 Å². The first kappa shape index (κ1) is 20.6. The van der Waals surface area contributed by atoms with Gasteiger partial charge in [-0.3, -0.25) is 9.48 Å². The number of alkyl halides is 3. The van der Waals surface area contributed by atoms with Gasteiger partial charge in [0.15, 0.2) is 11.4 Å². The number of Topliss-reactive ketones (excluding diaryl/α,β-unsaturated/α-hetero) is 1. The van der Waals surface area contributed by atoms with E-state index in [1.165, 1.54) is 16.3 Å². The molecule has 0 unspecified atom stereocenters. The van der Waals surface area contributed by atoms with Gasteiger partial charge < -0.3 is 4.90 Å². The van der Waals surface area contributed by atoms with Crippen LogP contribution in [0.3, 0.4) is 0 Å². The maximum atomic E-state index is 13.5. The molecule has 5 rings (SSSR count). The van der Waals surface area contributed by atoms with E-state index in [-0.39, 0.29) is 24.4 Å². The number of anilines is 1. The van der Waals surface area contributed by atoms with Crippen LogP contribution >= 0.6 is 11.3 Å². The molecule has 0 spiro atoms. The number of pyridine rings is 1. The summed E-state index contributed by atoms with van der Waals surface area (Å²) in [6.45, 7) is 0.839. The first-order valence-corrected chi connectivity index (χ1v) is 10.8. The molecule has 0 radical (unpaired) electrons. The van der Waals surface area contributed by atoms with Crippen molar-refractivity contribution in [1.29, 1.82) is 0 Å². The number of aromatic nitrogens is 6. The Hall–Kier alpha value is -3.28. The molecule has 0 aromatic carbocycles. The number of fused-ring (bicyclic) bond motifs is 1. The van der Waals surface area contributed by atoms with E-state index < -0.39 is 12.6 Å². The van der Waals surface area contributed by atoms with E-state index in [0.717, 1.165) is 11.3 Å². The lowest BCUT2D eigenvalue weighted by atomic mass is 10.1. The van der Waals surface area contributed by atoms with Gasteiger partial charge in [-0.05, 0) is 24.1 Å². The summed E-state index contributed by atoms with van der Waals surface area (Å²) >= 11 is 1.05. The summed E-state index contributed by atoms with van der Waals surface area (Å²) in [6.07, 6.45) is 0.139. The molecule has 1 aliphatic rings. The summed E-state index contributed by atoms with van der Waals surface area (Å²) < 4.78 is 42.3. The van der Waals surface area contributed by atoms with Gasteiger partial charge >= 0.3 is 0 Å². The second-order valence-electron chi connectivity index (χ2n) is 7.59. The molecule has 32 heavy (non-hydrogen) atoms. The number of nitrogens with zero attached hydrogens (tertiary/aromatic N) is 7. The Morgan fingerprint density at radius 1 is 1.34 bits per heavy atom. The molecule has 4 aromatic rings. The van der Waals surface area contributed by atoms with E-state index in [1.807, 2.05) is 0 Å². The Morgan fingerprint density at radius 3 is 2.91 bits per heavy atom. The van der Waals surface area contributed by atoms with Crippen molar-refractivity contribution >= 4 is 28.7 Å². The van der Waals surface area contributed by atoms with E-state index in [0.29, 0.717) is 46.4 Å². The van der Waals surface area contributed by atoms with E-state index in [4.69, 9.17) is 0 Å². The minimum absolute atomic E-state index is 0.0641. The van der Waals surface area contributed by atoms with Crippen molar-refractivity contribution in [3.63, 3.8) is 0 Å². The monoisotopic (exact) mass is 461 g/mol. The van der Waals surface area contributed by atoms with Crippen LogP contribution in [0.5, 0.6) is 0 Å². The number of ketones is 1. The summed E-state index contributed by atoms with van der Waals surface area (Å²) in [6, 6.07) is 3.52.